The van der Waals surface area contributed by atoms with Crippen LogP contribution in [-0.4, -0.2) is 53.2 Å². The van der Waals surface area contributed by atoms with Gasteiger partial charge < -0.3 is 5.32 Å². The summed E-state index contributed by atoms with van der Waals surface area (Å²) in [6.07, 6.45) is -2.84. The van der Waals surface area contributed by atoms with E-state index >= 15 is 0 Å². The van der Waals surface area contributed by atoms with Crippen molar-refractivity contribution >= 4 is 15.9 Å². The second-order valence-electron chi connectivity index (χ2n) is 5.38. The number of sulfonamides is 1. The monoisotopic (exact) mass is 340 g/mol. The number of halogens is 3. The zero-order chi connectivity index (χ0) is 16.8. The van der Waals surface area contributed by atoms with Crippen molar-refractivity contribution in [1.82, 2.24) is 19.4 Å². The summed E-state index contributed by atoms with van der Waals surface area (Å²) in [4.78, 5) is 11.4. The first kappa shape index (κ1) is 16.7. The van der Waals surface area contributed by atoms with E-state index in [0.717, 1.165) is 16.7 Å². The molecule has 1 saturated heterocycles. The SMILES string of the molecule is CC1(C)C(=O)NCCN1S(=O)(=O)c1cnn(CC(F)(F)F)c1. The molecule has 124 valence electrons. The number of nitrogens with one attached hydrogen (secondary N) is 1. The lowest BCUT2D eigenvalue weighted by atomic mass is 10.0. The number of carbonyl (C=O) groups is 1. The Morgan fingerprint density at radius 3 is 2.64 bits per heavy atom. The number of carbonyl (C=O) groups excluding carboxylic acids is 1. The highest BCUT2D eigenvalue weighted by Crippen LogP contribution is 2.27. The summed E-state index contributed by atoms with van der Waals surface area (Å²) in [7, 11) is -4.12. The van der Waals surface area contributed by atoms with Crippen molar-refractivity contribution in [2.75, 3.05) is 13.1 Å². The van der Waals surface area contributed by atoms with Crippen LogP contribution in [0.3, 0.4) is 0 Å². The van der Waals surface area contributed by atoms with Gasteiger partial charge in [-0.3, -0.25) is 9.48 Å². The first-order valence-electron chi connectivity index (χ1n) is 6.35. The lowest BCUT2D eigenvalue weighted by molar-refractivity contribution is -0.142. The zero-order valence-electron chi connectivity index (χ0n) is 11.9. The van der Waals surface area contributed by atoms with Crippen molar-refractivity contribution in [3.05, 3.63) is 12.4 Å². The fraction of sp³-hybridized carbons (Fsp3) is 0.636. The summed E-state index contributed by atoms with van der Waals surface area (Å²) in [6.45, 7) is 1.65. The molecule has 11 heteroatoms. The Morgan fingerprint density at radius 1 is 1.41 bits per heavy atom. The highest BCUT2D eigenvalue weighted by Gasteiger charge is 2.45. The minimum Gasteiger partial charge on any atom is -0.353 e. The van der Waals surface area contributed by atoms with E-state index < -0.39 is 34.2 Å². The maximum Gasteiger partial charge on any atom is 0.408 e. The van der Waals surface area contributed by atoms with Crippen LogP contribution < -0.4 is 5.32 Å². The molecule has 0 unspecified atom stereocenters. The van der Waals surface area contributed by atoms with Crippen molar-refractivity contribution in [2.45, 2.75) is 37.0 Å². The Hall–Kier alpha value is -1.62. The number of rotatable bonds is 3. The van der Waals surface area contributed by atoms with Crippen LogP contribution in [0.25, 0.3) is 0 Å². The van der Waals surface area contributed by atoms with E-state index in [1.54, 1.807) is 0 Å². The minimum absolute atomic E-state index is 0.0333. The first-order chi connectivity index (χ1) is 9.94. The Morgan fingerprint density at radius 2 is 2.05 bits per heavy atom. The number of alkyl halides is 3. The lowest BCUT2D eigenvalue weighted by Crippen LogP contribution is -2.63. The maximum absolute atomic E-state index is 12.5. The average Bonchev–Trinajstić information content (AvgIpc) is 2.79. The van der Waals surface area contributed by atoms with Gasteiger partial charge in [-0.2, -0.15) is 22.6 Å². The fourth-order valence-electron chi connectivity index (χ4n) is 2.18. The third-order valence-electron chi connectivity index (χ3n) is 3.32. The standard InChI is InChI=1S/C11H15F3N4O3S/c1-10(2)9(19)15-3-4-18(10)22(20,21)8-5-16-17(6-8)7-11(12,13)14/h5-6H,3-4,7H2,1-2H3,(H,15,19). The summed E-state index contributed by atoms with van der Waals surface area (Å²) in [5.74, 6) is -0.468. The van der Waals surface area contributed by atoms with E-state index in [1.165, 1.54) is 13.8 Å². The van der Waals surface area contributed by atoms with E-state index in [1.807, 2.05) is 0 Å². The summed E-state index contributed by atoms with van der Waals surface area (Å²) < 4.78 is 63.5. The number of aromatic nitrogens is 2. The molecule has 1 aliphatic heterocycles. The molecule has 1 fully saturated rings. The summed E-state index contributed by atoms with van der Waals surface area (Å²) in [5.41, 5.74) is -1.33. The van der Waals surface area contributed by atoms with Gasteiger partial charge in [-0.15, -0.1) is 0 Å². The molecular formula is C11H15F3N4O3S. The molecule has 0 aromatic carbocycles. The topological polar surface area (TPSA) is 84.3 Å². The van der Waals surface area contributed by atoms with Crippen molar-refractivity contribution in [3.8, 4) is 0 Å². The van der Waals surface area contributed by atoms with Crippen molar-refractivity contribution in [1.29, 1.82) is 0 Å². The number of hydrogen-bond donors (Lipinski definition) is 1. The van der Waals surface area contributed by atoms with E-state index in [4.69, 9.17) is 0 Å². The Balaban J connectivity index is 2.33. The van der Waals surface area contributed by atoms with Gasteiger partial charge >= 0.3 is 6.18 Å². The second kappa shape index (κ2) is 5.23. The molecule has 0 spiro atoms. The predicted molar refractivity (Wildman–Crippen MR) is 69.3 cm³/mol. The molecule has 1 aliphatic rings. The number of nitrogens with zero attached hydrogens (tertiary/aromatic N) is 3. The van der Waals surface area contributed by atoms with Crippen LogP contribution in [-0.2, 0) is 21.4 Å². The molecule has 1 aromatic rings. The van der Waals surface area contributed by atoms with E-state index in [9.17, 15) is 26.4 Å². The van der Waals surface area contributed by atoms with Crippen LogP contribution in [0.5, 0.6) is 0 Å². The molecule has 0 atom stereocenters. The van der Waals surface area contributed by atoms with Gasteiger partial charge in [0.15, 0.2) is 0 Å². The van der Waals surface area contributed by atoms with Gasteiger partial charge in [0, 0.05) is 19.3 Å². The highest BCUT2D eigenvalue weighted by molar-refractivity contribution is 7.89. The molecule has 1 amide bonds. The predicted octanol–water partition coefficient (Wildman–Crippen LogP) is 0.344. The van der Waals surface area contributed by atoms with Gasteiger partial charge in [-0.25, -0.2) is 8.42 Å². The van der Waals surface area contributed by atoms with Gasteiger partial charge in [0.1, 0.15) is 17.0 Å². The minimum atomic E-state index is -4.50. The van der Waals surface area contributed by atoms with E-state index in [0.29, 0.717) is 4.68 Å². The molecule has 7 nitrogen and oxygen atoms in total. The van der Waals surface area contributed by atoms with Crippen LogP contribution in [0.15, 0.2) is 17.3 Å². The fourth-order valence-corrected chi connectivity index (χ4v) is 3.88. The number of piperazine rings is 1. The van der Waals surface area contributed by atoms with Crippen molar-refractivity contribution in [2.24, 2.45) is 0 Å². The van der Waals surface area contributed by atoms with Gasteiger partial charge in [0.05, 0.1) is 6.20 Å². The zero-order valence-corrected chi connectivity index (χ0v) is 12.7. The van der Waals surface area contributed by atoms with Crippen molar-refractivity contribution in [3.63, 3.8) is 0 Å². The Bertz CT molecular complexity index is 681. The molecule has 0 aliphatic carbocycles. The molecule has 1 aromatic heterocycles. The van der Waals surface area contributed by atoms with Crippen molar-refractivity contribution < 1.29 is 26.4 Å². The number of hydrogen-bond acceptors (Lipinski definition) is 4. The Labute approximate surface area is 125 Å². The summed E-state index contributed by atoms with van der Waals surface area (Å²) in [5, 5.41) is 5.97. The molecule has 2 rings (SSSR count). The lowest BCUT2D eigenvalue weighted by Gasteiger charge is -2.39. The Kier molecular flexibility index (Phi) is 3.98. The third-order valence-corrected chi connectivity index (χ3v) is 5.34. The van der Waals surface area contributed by atoms with Crippen LogP contribution in [0.4, 0.5) is 13.2 Å². The van der Waals surface area contributed by atoms with Gasteiger partial charge in [-0.05, 0) is 13.8 Å². The van der Waals surface area contributed by atoms with Gasteiger partial charge in [0.25, 0.3) is 0 Å². The van der Waals surface area contributed by atoms with Crippen LogP contribution in [0.1, 0.15) is 13.8 Å². The third kappa shape index (κ3) is 3.09. The summed E-state index contributed by atoms with van der Waals surface area (Å²) >= 11 is 0. The van der Waals surface area contributed by atoms with E-state index in [2.05, 4.69) is 10.4 Å². The molecule has 2 heterocycles. The average molecular weight is 340 g/mol. The first-order valence-corrected chi connectivity index (χ1v) is 7.79. The summed E-state index contributed by atoms with van der Waals surface area (Å²) in [6, 6.07) is 0. The molecule has 0 saturated carbocycles. The normalized spacial score (nSPS) is 20.0. The molecule has 0 bridgehead atoms. The number of amides is 1. The smallest absolute Gasteiger partial charge is 0.353 e. The largest absolute Gasteiger partial charge is 0.408 e. The molecule has 0 radical (unpaired) electrons. The second-order valence-corrected chi connectivity index (χ2v) is 7.24. The quantitative estimate of drug-likeness (QED) is 0.860. The molecule has 1 N–H and O–H groups in total. The van der Waals surface area contributed by atoms with Crippen LogP contribution >= 0.6 is 0 Å². The van der Waals surface area contributed by atoms with E-state index in [-0.39, 0.29) is 18.0 Å². The van der Waals surface area contributed by atoms with Crippen LogP contribution in [0.2, 0.25) is 0 Å². The van der Waals surface area contributed by atoms with Crippen LogP contribution in [0, 0.1) is 0 Å². The van der Waals surface area contributed by atoms with Gasteiger partial charge in [0.2, 0.25) is 15.9 Å². The maximum atomic E-state index is 12.5. The molecule has 22 heavy (non-hydrogen) atoms. The molecular weight excluding hydrogens is 325 g/mol. The highest BCUT2D eigenvalue weighted by atomic mass is 32.2. The van der Waals surface area contributed by atoms with Gasteiger partial charge in [-0.1, -0.05) is 0 Å².